The molecule has 0 unspecified atom stereocenters. The highest BCUT2D eigenvalue weighted by Gasteiger charge is 2.20. The van der Waals surface area contributed by atoms with Crippen LogP contribution in [0.3, 0.4) is 0 Å². The lowest BCUT2D eigenvalue weighted by atomic mass is 10.1. The number of nitrogens with zero attached hydrogens (tertiary/aromatic N) is 2. The van der Waals surface area contributed by atoms with Crippen LogP contribution in [0.4, 0.5) is 0 Å². The number of hydrogen-bond donors (Lipinski definition) is 1. The van der Waals surface area contributed by atoms with Crippen LogP contribution in [0.25, 0.3) is 0 Å². The Kier molecular flexibility index (Phi) is 7.06. The van der Waals surface area contributed by atoms with Crippen molar-refractivity contribution >= 4 is 0 Å². The quantitative estimate of drug-likeness (QED) is 0.741. The van der Waals surface area contributed by atoms with Crippen LogP contribution in [0.5, 0.6) is 0 Å². The fourth-order valence-corrected chi connectivity index (χ4v) is 2.13. The van der Waals surface area contributed by atoms with E-state index >= 15 is 0 Å². The van der Waals surface area contributed by atoms with Crippen molar-refractivity contribution < 1.29 is 0 Å². The van der Waals surface area contributed by atoms with Crippen molar-refractivity contribution in [1.29, 1.82) is 0 Å². The number of pyridine rings is 1. The summed E-state index contributed by atoms with van der Waals surface area (Å²) in [6.45, 7) is 18.6. The zero-order chi connectivity index (χ0) is 15.9. The molecule has 0 atom stereocenters. The van der Waals surface area contributed by atoms with E-state index < -0.39 is 0 Å². The van der Waals surface area contributed by atoms with Crippen LogP contribution in [0.2, 0.25) is 0 Å². The Morgan fingerprint density at radius 3 is 2.52 bits per heavy atom. The minimum absolute atomic E-state index is 0.113. The first kappa shape index (κ1) is 17.9. The minimum Gasteiger partial charge on any atom is -0.311 e. The molecule has 3 nitrogen and oxygen atoms in total. The first-order valence-corrected chi connectivity index (χ1v) is 7.84. The number of nitrogens with one attached hydrogen (secondary N) is 1. The fraction of sp³-hybridized carbons (Fsp3) is 0.611. The van der Waals surface area contributed by atoms with Crippen molar-refractivity contribution in [2.75, 3.05) is 13.1 Å². The van der Waals surface area contributed by atoms with E-state index in [1.165, 1.54) is 0 Å². The second-order valence-electron chi connectivity index (χ2n) is 6.99. The summed E-state index contributed by atoms with van der Waals surface area (Å²) < 4.78 is 0. The summed E-state index contributed by atoms with van der Waals surface area (Å²) in [6, 6.07) is 6.29. The maximum absolute atomic E-state index is 4.77. The zero-order valence-electron chi connectivity index (χ0n) is 14.3. The van der Waals surface area contributed by atoms with Gasteiger partial charge in [-0.15, -0.1) is 6.58 Å². The van der Waals surface area contributed by atoms with Crippen molar-refractivity contribution in [2.45, 2.75) is 53.2 Å². The van der Waals surface area contributed by atoms with Crippen molar-refractivity contribution in [3.63, 3.8) is 0 Å². The van der Waals surface area contributed by atoms with Gasteiger partial charge in [-0.1, -0.05) is 26.0 Å². The maximum Gasteiger partial charge on any atom is 0.0548 e. The van der Waals surface area contributed by atoms with E-state index in [4.69, 9.17) is 4.98 Å². The summed E-state index contributed by atoms with van der Waals surface area (Å²) in [5.74, 6) is 0.664. The third-order valence-corrected chi connectivity index (χ3v) is 3.37. The lowest BCUT2D eigenvalue weighted by Crippen LogP contribution is -2.41. The van der Waals surface area contributed by atoms with Crippen molar-refractivity contribution in [1.82, 2.24) is 15.2 Å². The largest absolute Gasteiger partial charge is 0.311 e. The van der Waals surface area contributed by atoms with Crippen LogP contribution < -0.4 is 5.32 Å². The average Bonchev–Trinajstić information content (AvgIpc) is 2.37. The molecule has 0 fully saturated rings. The van der Waals surface area contributed by atoms with Gasteiger partial charge in [0.25, 0.3) is 0 Å². The molecule has 118 valence electrons. The van der Waals surface area contributed by atoms with Crippen LogP contribution in [-0.2, 0) is 13.1 Å². The van der Waals surface area contributed by atoms with Gasteiger partial charge in [0.2, 0.25) is 0 Å². The molecular formula is C18H31N3. The molecule has 21 heavy (non-hydrogen) atoms. The molecule has 1 N–H and O–H groups in total. The van der Waals surface area contributed by atoms with E-state index in [-0.39, 0.29) is 5.54 Å². The lowest BCUT2D eigenvalue weighted by Gasteiger charge is -2.34. The second-order valence-corrected chi connectivity index (χ2v) is 6.99. The van der Waals surface area contributed by atoms with Crippen molar-refractivity contribution in [3.05, 3.63) is 42.2 Å². The smallest absolute Gasteiger partial charge is 0.0548 e. The van der Waals surface area contributed by atoms with Gasteiger partial charge in [0.15, 0.2) is 0 Å². The summed E-state index contributed by atoms with van der Waals surface area (Å²) in [4.78, 5) is 7.15. The van der Waals surface area contributed by atoms with Gasteiger partial charge in [-0.3, -0.25) is 9.88 Å². The molecule has 0 saturated carbocycles. The van der Waals surface area contributed by atoms with Crippen molar-refractivity contribution in [3.8, 4) is 0 Å². The van der Waals surface area contributed by atoms with E-state index in [0.717, 1.165) is 37.6 Å². The molecule has 0 spiro atoms. The van der Waals surface area contributed by atoms with Crippen molar-refractivity contribution in [2.24, 2.45) is 5.92 Å². The van der Waals surface area contributed by atoms with Gasteiger partial charge in [-0.2, -0.15) is 0 Å². The van der Waals surface area contributed by atoms with Gasteiger partial charge in [0, 0.05) is 25.2 Å². The SMILES string of the molecule is C=CCN(Cc1cccc(CNCC(C)C)n1)C(C)(C)C. The van der Waals surface area contributed by atoms with Gasteiger partial charge in [0.05, 0.1) is 11.4 Å². The number of rotatable bonds is 8. The Hall–Kier alpha value is -1.19. The Labute approximate surface area is 130 Å². The third kappa shape index (κ3) is 6.87. The van der Waals surface area contributed by atoms with Crippen LogP contribution in [-0.4, -0.2) is 28.5 Å². The molecule has 1 aromatic heterocycles. The van der Waals surface area contributed by atoms with Gasteiger partial charge >= 0.3 is 0 Å². The van der Waals surface area contributed by atoms with E-state index in [0.29, 0.717) is 5.92 Å². The van der Waals surface area contributed by atoms with Crippen LogP contribution in [0, 0.1) is 5.92 Å². The van der Waals surface area contributed by atoms with E-state index in [9.17, 15) is 0 Å². The molecular weight excluding hydrogens is 258 g/mol. The molecule has 1 aromatic rings. The lowest BCUT2D eigenvalue weighted by molar-refractivity contribution is 0.143. The number of aromatic nitrogens is 1. The van der Waals surface area contributed by atoms with Gasteiger partial charge in [0.1, 0.15) is 0 Å². The highest BCUT2D eigenvalue weighted by molar-refractivity contribution is 5.11. The fourth-order valence-electron chi connectivity index (χ4n) is 2.13. The Morgan fingerprint density at radius 1 is 1.29 bits per heavy atom. The molecule has 0 aliphatic carbocycles. The predicted molar refractivity (Wildman–Crippen MR) is 91.1 cm³/mol. The van der Waals surface area contributed by atoms with Gasteiger partial charge in [-0.05, 0) is 45.4 Å². The van der Waals surface area contributed by atoms with Crippen LogP contribution in [0.15, 0.2) is 30.9 Å². The molecule has 0 amide bonds. The molecule has 3 heteroatoms. The highest BCUT2D eigenvalue weighted by Crippen LogP contribution is 2.16. The topological polar surface area (TPSA) is 28.2 Å². The molecule has 0 saturated heterocycles. The molecule has 0 radical (unpaired) electrons. The Morgan fingerprint density at radius 2 is 1.95 bits per heavy atom. The molecule has 0 bridgehead atoms. The van der Waals surface area contributed by atoms with E-state index in [2.05, 4.69) is 69.6 Å². The standard InChI is InChI=1S/C18H31N3/c1-7-11-21(18(4,5)6)14-17-10-8-9-16(20-17)13-19-12-15(2)3/h7-10,15,19H,1,11-14H2,2-6H3. The molecule has 1 rings (SSSR count). The summed E-state index contributed by atoms with van der Waals surface area (Å²) in [6.07, 6.45) is 1.96. The first-order valence-electron chi connectivity index (χ1n) is 7.84. The average molecular weight is 289 g/mol. The van der Waals surface area contributed by atoms with E-state index in [1.807, 2.05) is 6.08 Å². The van der Waals surface area contributed by atoms with E-state index in [1.54, 1.807) is 0 Å². The summed E-state index contributed by atoms with van der Waals surface area (Å²) >= 11 is 0. The Balaban J connectivity index is 2.68. The summed E-state index contributed by atoms with van der Waals surface area (Å²) in [5.41, 5.74) is 2.35. The first-order chi connectivity index (χ1) is 9.82. The highest BCUT2D eigenvalue weighted by atomic mass is 15.2. The Bertz CT molecular complexity index is 432. The van der Waals surface area contributed by atoms with Crippen LogP contribution in [0.1, 0.15) is 46.0 Å². The van der Waals surface area contributed by atoms with Crippen LogP contribution >= 0.6 is 0 Å². The normalized spacial score (nSPS) is 12.1. The summed E-state index contributed by atoms with van der Waals surface area (Å²) in [7, 11) is 0. The maximum atomic E-state index is 4.77. The molecule has 0 aliphatic rings. The zero-order valence-corrected chi connectivity index (χ0v) is 14.3. The monoisotopic (exact) mass is 289 g/mol. The molecule has 1 heterocycles. The molecule has 0 aliphatic heterocycles. The summed E-state index contributed by atoms with van der Waals surface area (Å²) in [5, 5.41) is 3.44. The van der Waals surface area contributed by atoms with Gasteiger partial charge in [-0.25, -0.2) is 0 Å². The number of hydrogen-bond acceptors (Lipinski definition) is 3. The third-order valence-electron chi connectivity index (χ3n) is 3.37. The minimum atomic E-state index is 0.113. The predicted octanol–water partition coefficient (Wildman–Crippen LogP) is 3.61. The molecule has 0 aromatic carbocycles. The van der Waals surface area contributed by atoms with Gasteiger partial charge < -0.3 is 5.32 Å². The second kappa shape index (κ2) is 8.30.